The van der Waals surface area contributed by atoms with Crippen molar-refractivity contribution in [1.82, 2.24) is 10.3 Å². The average Bonchev–Trinajstić information content (AvgIpc) is 2.42. The molecule has 1 saturated heterocycles. The van der Waals surface area contributed by atoms with Gasteiger partial charge >= 0.3 is 0 Å². The summed E-state index contributed by atoms with van der Waals surface area (Å²) in [5.74, 6) is 2.44. The highest BCUT2D eigenvalue weighted by atomic mass is 32.2. The molecule has 0 aliphatic carbocycles. The maximum atomic E-state index is 11.9. The van der Waals surface area contributed by atoms with Gasteiger partial charge < -0.3 is 15.4 Å². The fourth-order valence-corrected chi connectivity index (χ4v) is 2.58. The lowest BCUT2D eigenvalue weighted by Gasteiger charge is -2.22. The van der Waals surface area contributed by atoms with Crippen LogP contribution in [-0.2, 0) is 4.79 Å². The summed E-state index contributed by atoms with van der Waals surface area (Å²) in [5, 5.41) is 6.04. The Balaban J connectivity index is 1.89. The van der Waals surface area contributed by atoms with Crippen molar-refractivity contribution in [2.75, 3.05) is 30.0 Å². The smallest absolute Gasteiger partial charge is 0.242 e. The molecule has 1 amide bonds. The van der Waals surface area contributed by atoms with E-state index in [0.29, 0.717) is 18.2 Å². The predicted molar refractivity (Wildman–Crippen MR) is 73.2 cm³/mol. The molecule has 0 aromatic carbocycles. The van der Waals surface area contributed by atoms with Gasteiger partial charge in [-0.3, -0.25) is 4.79 Å². The maximum Gasteiger partial charge on any atom is 0.242 e. The molecule has 1 unspecified atom stereocenters. The number of amides is 1. The fourth-order valence-electron chi connectivity index (χ4n) is 1.65. The minimum absolute atomic E-state index is 0.00633. The van der Waals surface area contributed by atoms with Crippen molar-refractivity contribution in [1.29, 1.82) is 0 Å². The Morgan fingerprint density at radius 3 is 3.17 bits per heavy atom. The Labute approximate surface area is 111 Å². The zero-order valence-electron chi connectivity index (χ0n) is 10.3. The minimum atomic E-state index is -0.115. The highest BCUT2D eigenvalue weighted by molar-refractivity contribution is 7.99. The highest BCUT2D eigenvalue weighted by Gasteiger charge is 2.20. The summed E-state index contributed by atoms with van der Waals surface area (Å²) in [6.45, 7) is 3.37. The van der Waals surface area contributed by atoms with Crippen LogP contribution in [0.4, 0.5) is 5.69 Å². The van der Waals surface area contributed by atoms with Crippen molar-refractivity contribution in [2.45, 2.75) is 13.0 Å². The van der Waals surface area contributed by atoms with E-state index in [-0.39, 0.29) is 11.9 Å². The second-order valence-corrected chi connectivity index (χ2v) is 5.04. The summed E-state index contributed by atoms with van der Waals surface area (Å²) in [4.78, 5) is 16.0. The number of anilines is 1. The third-order valence-corrected chi connectivity index (χ3v) is 3.60. The zero-order chi connectivity index (χ0) is 12.8. The Kier molecular flexibility index (Phi) is 4.83. The van der Waals surface area contributed by atoms with Crippen molar-refractivity contribution in [3.63, 3.8) is 0 Å². The molecule has 1 aliphatic heterocycles. The molecular weight excluding hydrogens is 250 g/mol. The first-order valence-electron chi connectivity index (χ1n) is 6.00. The fraction of sp³-hybridized carbons (Fsp3) is 0.500. The van der Waals surface area contributed by atoms with Crippen LogP contribution in [0.3, 0.4) is 0 Å². The van der Waals surface area contributed by atoms with Gasteiger partial charge in [0, 0.05) is 24.1 Å². The molecule has 5 nitrogen and oxygen atoms in total. The number of carbonyl (C=O) groups excluding carboxylic acids is 1. The van der Waals surface area contributed by atoms with Crippen LogP contribution < -0.4 is 15.4 Å². The molecule has 0 spiro atoms. The van der Waals surface area contributed by atoms with E-state index in [0.717, 1.165) is 18.1 Å². The van der Waals surface area contributed by atoms with Gasteiger partial charge in [0.2, 0.25) is 11.8 Å². The van der Waals surface area contributed by atoms with Gasteiger partial charge in [0.1, 0.15) is 0 Å². The van der Waals surface area contributed by atoms with Crippen molar-refractivity contribution in [3.8, 4) is 5.88 Å². The molecule has 0 saturated carbocycles. The quantitative estimate of drug-likeness (QED) is 0.856. The van der Waals surface area contributed by atoms with Crippen molar-refractivity contribution >= 4 is 23.4 Å². The number of aromatic nitrogens is 1. The number of rotatable bonds is 4. The maximum absolute atomic E-state index is 11.9. The van der Waals surface area contributed by atoms with E-state index in [1.54, 1.807) is 30.1 Å². The average molecular weight is 267 g/mol. The van der Waals surface area contributed by atoms with Gasteiger partial charge in [-0.25, -0.2) is 4.98 Å². The number of carbonyl (C=O) groups is 1. The topological polar surface area (TPSA) is 63.2 Å². The monoisotopic (exact) mass is 267 g/mol. The second-order valence-electron chi connectivity index (χ2n) is 3.89. The molecule has 1 aromatic rings. The third kappa shape index (κ3) is 3.61. The normalized spacial score (nSPS) is 19.3. The third-order valence-electron chi connectivity index (χ3n) is 2.53. The van der Waals surface area contributed by atoms with Crippen LogP contribution in [0.5, 0.6) is 5.88 Å². The Morgan fingerprint density at radius 2 is 2.56 bits per heavy atom. The van der Waals surface area contributed by atoms with Crippen LogP contribution in [0, 0.1) is 0 Å². The van der Waals surface area contributed by atoms with Crippen LogP contribution in [0.15, 0.2) is 18.3 Å². The first-order chi connectivity index (χ1) is 8.79. The first kappa shape index (κ1) is 13.2. The number of nitrogens with one attached hydrogen (secondary N) is 2. The number of hydrogen-bond acceptors (Lipinski definition) is 5. The van der Waals surface area contributed by atoms with Crippen molar-refractivity contribution in [3.05, 3.63) is 18.3 Å². The van der Waals surface area contributed by atoms with E-state index in [1.807, 2.05) is 6.92 Å². The van der Waals surface area contributed by atoms with Crippen LogP contribution in [0.2, 0.25) is 0 Å². The summed E-state index contributed by atoms with van der Waals surface area (Å²) in [6.07, 6.45) is 1.61. The Morgan fingerprint density at radius 1 is 1.67 bits per heavy atom. The summed E-state index contributed by atoms with van der Waals surface area (Å²) >= 11 is 1.79. The van der Waals surface area contributed by atoms with E-state index in [2.05, 4.69) is 15.6 Å². The number of pyridine rings is 1. The molecule has 1 aliphatic rings. The summed E-state index contributed by atoms with van der Waals surface area (Å²) in [5.41, 5.74) is 0.695. The van der Waals surface area contributed by atoms with Crippen LogP contribution in [-0.4, -0.2) is 41.6 Å². The summed E-state index contributed by atoms with van der Waals surface area (Å²) in [6, 6.07) is 3.43. The van der Waals surface area contributed by atoms with Gasteiger partial charge in [-0.15, -0.1) is 0 Å². The number of ether oxygens (including phenoxy) is 1. The lowest BCUT2D eigenvalue weighted by Crippen LogP contribution is -2.46. The Bertz CT molecular complexity index is 391. The molecular formula is C12H17N3O2S. The van der Waals surface area contributed by atoms with Crippen LogP contribution >= 0.6 is 11.8 Å². The zero-order valence-corrected chi connectivity index (χ0v) is 11.1. The van der Waals surface area contributed by atoms with Crippen molar-refractivity contribution in [2.24, 2.45) is 0 Å². The largest absolute Gasteiger partial charge is 0.478 e. The molecule has 1 atom stereocenters. The molecule has 1 fully saturated rings. The lowest BCUT2D eigenvalue weighted by molar-refractivity contribution is -0.117. The molecule has 2 rings (SSSR count). The van der Waals surface area contributed by atoms with E-state index in [4.69, 9.17) is 4.74 Å². The molecule has 2 heterocycles. The number of hydrogen-bond donors (Lipinski definition) is 2. The highest BCUT2D eigenvalue weighted by Crippen LogP contribution is 2.13. The minimum Gasteiger partial charge on any atom is -0.478 e. The standard InChI is InChI=1S/C12H17N3O2S/c1-2-17-11-4-3-9(7-14-11)15-12(16)10-8-18-6-5-13-10/h3-4,7,10,13H,2,5-6,8H2,1H3,(H,15,16). The molecule has 6 heteroatoms. The summed E-state index contributed by atoms with van der Waals surface area (Å²) < 4.78 is 5.24. The number of thioether (sulfide) groups is 1. The predicted octanol–water partition coefficient (Wildman–Crippen LogP) is 1.12. The molecule has 0 radical (unpaired) electrons. The number of nitrogens with zero attached hydrogens (tertiary/aromatic N) is 1. The van der Waals surface area contributed by atoms with Gasteiger partial charge in [0.05, 0.1) is 24.5 Å². The van der Waals surface area contributed by atoms with E-state index < -0.39 is 0 Å². The molecule has 1 aromatic heterocycles. The van der Waals surface area contributed by atoms with E-state index in [9.17, 15) is 4.79 Å². The van der Waals surface area contributed by atoms with Crippen LogP contribution in [0.25, 0.3) is 0 Å². The Hall–Kier alpha value is -1.27. The molecule has 2 N–H and O–H groups in total. The van der Waals surface area contributed by atoms with Gasteiger partial charge in [-0.2, -0.15) is 11.8 Å². The molecule has 98 valence electrons. The van der Waals surface area contributed by atoms with Gasteiger partial charge in [-0.05, 0) is 13.0 Å². The van der Waals surface area contributed by atoms with Gasteiger partial charge in [-0.1, -0.05) is 0 Å². The van der Waals surface area contributed by atoms with Gasteiger partial charge in [0.15, 0.2) is 0 Å². The van der Waals surface area contributed by atoms with E-state index >= 15 is 0 Å². The SMILES string of the molecule is CCOc1ccc(NC(=O)C2CSCCN2)cn1. The van der Waals surface area contributed by atoms with Gasteiger partial charge in [0.25, 0.3) is 0 Å². The second kappa shape index (κ2) is 6.61. The molecule has 18 heavy (non-hydrogen) atoms. The summed E-state index contributed by atoms with van der Waals surface area (Å²) in [7, 11) is 0. The van der Waals surface area contributed by atoms with Crippen LogP contribution in [0.1, 0.15) is 6.92 Å². The molecule has 0 bridgehead atoms. The first-order valence-corrected chi connectivity index (χ1v) is 7.16. The van der Waals surface area contributed by atoms with Crippen molar-refractivity contribution < 1.29 is 9.53 Å². The lowest BCUT2D eigenvalue weighted by atomic mass is 10.3. The van der Waals surface area contributed by atoms with E-state index in [1.165, 1.54) is 0 Å².